The van der Waals surface area contributed by atoms with Gasteiger partial charge in [-0.3, -0.25) is 4.79 Å². The van der Waals surface area contributed by atoms with E-state index in [1.54, 1.807) is 6.92 Å². The van der Waals surface area contributed by atoms with Crippen LogP contribution >= 0.6 is 0 Å². The van der Waals surface area contributed by atoms with Crippen molar-refractivity contribution in [3.63, 3.8) is 0 Å². The summed E-state index contributed by atoms with van der Waals surface area (Å²) in [6.45, 7) is 4.77. The molecule has 18 heavy (non-hydrogen) atoms. The Morgan fingerprint density at radius 1 is 1.39 bits per heavy atom. The molecule has 1 amide bonds. The highest BCUT2D eigenvalue weighted by atomic mass is 16.2. The van der Waals surface area contributed by atoms with E-state index < -0.39 is 0 Å². The van der Waals surface area contributed by atoms with Gasteiger partial charge in [-0.1, -0.05) is 18.2 Å². The number of hydrogen-bond donors (Lipinski definition) is 0. The van der Waals surface area contributed by atoms with Crippen LogP contribution in [0.15, 0.2) is 30.3 Å². The average Bonchev–Trinajstić information content (AvgIpc) is 2.37. The smallest absolute Gasteiger partial charge is 0.223 e. The van der Waals surface area contributed by atoms with Crippen LogP contribution in [-0.2, 0) is 4.79 Å². The molecule has 3 nitrogen and oxygen atoms in total. The van der Waals surface area contributed by atoms with Gasteiger partial charge in [-0.25, -0.2) is 0 Å². The van der Waals surface area contributed by atoms with Crippen molar-refractivity contribution in [1.82, 2.24) is 4.90 Å². The first kappa shape index (κ1) is 13.1. The normalized spacial score (nSPS) is 20.7. The van der Waals surface area contributed by atoms with Gasteiger partial charge in [0.1, 0.15) is 0 Å². The van der Waals surface area contributed by atoms with Gasteiger partial charge in [-0.2, -0.15) is 0 Å². The molecule has 2 rings (SSSR count). The van der Waals surface area contributed by atoms with Gasteiger partial charge in [0.25, 0.3) is 0 Å². The Morgan fingerprint density at radius 2 is 2.11 bits per heavy atom. The molecule has 1 unspecified atom stereocenters. The zero-order chi connectivity index (χ0) is 13.0. The highest BCUT2D eigenvalue weighted by Gasteiger charge is 2.22. The molecule has 1 aromatic carbocycles. The minimum Gasteiger partial charge on any atom is -0.312 e. The second-order valence-electron chi connectivity index (χ2n) is 5.24. The highest BCUT2D eigenvalue weighted by Crippen LogP contribution is 2.20. The summed E-state index contributed by atoms with van der Waals surface area (Å²) in [6.07, 6.45) is 2.46. The second-order valence-corrected chi connectivity index (χ2v) is 5.24. The van der Waals surface area contributed by atoms with Crippen molar-refractivity contribution >= 4 is 11.6 Å². The highest BCUT2D eigenvalue weighted by molar-refractivity contribution is 5.91. The molecule has 1 fully saturated rings. The summed E-state index contributed by atoms with van der Waals surface area (Å²) in [6, 6.07) is 9.97. The van der Waals surface area contributed by atoms with Gasteiger partial charge in [-0.05, 0) is 44.5 Å². The molecular weight excluding hydrogens is 224 g/mol. The van der Waals surface area contributed by atoms with Crippen LogP contribution in [0.3, 0.4) is 0 Å². The van der Waals surface area contributed by atoms with E-state index in [2.05, 4.69) is 11.9 Å². The van der Waals surface area contributed by atoms with Gasteiger partial charge >= 0.3 is 0 Å². The maximum absolute atomic E-state index is 11.8. The third-order valence-electron chi connectivity index (χ3n) is 3.61. The molecule has 1 atom stereocenters. The van der Waals surface area contributed by atoms with E-state index in [4.69, 9.17) is 0 Å². The number of piperidine rings is 1. The molecule has 0 saturated carbocycles. The number of para-hydroxylation sites is 1. The lowest BCUT2D eigenvalue weighted by atomic mass is 9.97. The molecule has 0 N–H and O–H groups in total. The van der Waals surface area contributed by atoms with Crippen LogP contribution in [0.1, 0.15) is 19.8 Å². The van der Waals surface area contributed by atoms with Gasteiger partial charge in [-0.15, -0.1) is 0 Å². The number of nitrogens with zero attached hydrogens (tertiary/aromatic N) is 2. The monoisotopic (exact) mass is 246 g/mol. The van der Waals surface area contributed by atoms with Gasteiger partial charge in [0, 0.05) is 25.7 Å². The van der Waals surface area contributed by atoms with Gasteiger partial charge < -0.3 is 9.80 Å². The molecule has 1 aliphatic heterocycles. The standard InChI is InChI=1S/C15H22N2O/c1-13(18)17(15-8-4-3-5-9-15)12-14-7-6-10-16(2)11-14/h3-5,8-9,14H,6-7,10-12H2,1-2H3. The number of carbonyl (C=O) groups is 1. The lowest BCUT2D eigenvalue weighted by Gasteiger charge is -2.33. The van der Waals surface area contributed by atoms with Crippen LogP contribution in [0.2, 0.25) is 0 Å². The first-order chi connectivity index (χ1) is 8.66. The minimum absolute atomic E-state index is 0.134. The third kappa shape index (κ3) is 3.33. The van der Waals surface area contributed by atoms with Crippen molar-refractivity contribution in [2.75, 3.05) is 31.6 Å². The summed E-state index contributed by atoms with van der Waals surface area (Å²) < 4.78 is 0. The van der Waals surface area contributed by atoms with Crippen LogP contribution in [0.25, 0.3) is 0 Å². The fourth-order valence-corrected chi connectivity index (χ4v) is 2.70. The van der Waals surface area contributed by atoms with Crippen molar-refractivity contribution in [3.05, 3.63) is 30.3 Å². The molecule has 0 aliphatic carbocycles. The van der Waals surface area contributed by atoms with Crippen molar-refractivity contribution in [1.29, 1.82) is 0 Å². The lowest BCUT2D eigenvalue weighted by Crippen LogP contribution is -2.41. The summed E-state index contributed by atoms with van der Waals surface area (Å²) in [7, 11) is 2.16. The quantitative estimate of drug-likeness (QED) is 0.817. The third-order valence-corrected chi connectivity index (χ3v) is 3.61. The van der Waals surface area contributed by atoms with Gasteiger partial charge in [0.05, 0.1) is 0 Å². The van der Waals surface area contributed by atoms with Gasteiger partial charge in [0.15, 0.2) is 0 Å². The van der Waals surface area contributed by atoms with Crippen LogP contribution < -0.4 is 4.90 Å². The van der Waals surface area contributed by atoms with E-state index in [1.807, 2.05) is 35.2 Å². The summed E-state index contributed by atoms with van der Waals surface area (Å²) in [5, 5.41) is 0. The SMILES string of the molecule is CC(=O)N(CC1CCCN(C)C1)c1ccccc1. The number of anilines is 1. The predicted molar refractivity (Wildman–Crippen MR) is 74.7 cm³/mol. The first-order valence-corrected chi connectivity index (χ1v) is 6.68. The Balaban J connectivity index is 2.05. The molecule has 1 heterocycles. The Labute approximate surface area is 109 Å². The van der Waals surface area contributed by atoms with E-state index in [0.717, 1.165) is 18.8 Å². The molecule has 1 saturated heterocycles. The van der Waals surface area contributed by atoms with Gasteiger partial charge in [0.2, 0.25) is 5.91 Å². The van der Waals surface area contributed by atoms with Crippen molar-refractivity contribution in [2.45, 2.75) is 19.8 Å². The molecular formula is C15H22N2O. The maximum Gasteiger partial charge on any atom is 0.223 e. The molecule has 0 aromatic heterocycles. The summed E-state index contributed by atoms with van der Waals surface area (Å²) in [4.78, 5) is 16.1. The zero-order valence-corrected chi connectivity index (χ0v) is 11.3. The fraction of sp³-hybridized carbons (Fsp3) is 0.533. The molecule has 0 bridgehead atoms. The fourth-order valence-electron chi connectivity index (χ4n) is 2.70. The van der Waals surface area contributed by atoms with Crippen molar-refractivity contribution in [3.8, 4) is 0 Å². The van der Waals surface area contributed by atoms with Crippen LogP contribution in [0.5, 0.6) is 0 Å². The molecule has 1 aromatic rings. The number of benzene rings is 1. The van der Waals surface area contributed by atoms with E-state index in [-0.39, 0.29) is 5.91 Å². The second kappa shape index (κ2) is 6.01. The molecule has 98 valence electrons. The van der Waals surface area contributed by atoms with Crippen LogP contribution in [0.4, 0.5) is 5.69 Å². The number of carbonyl (C=O) groups excluding carboxylic acids is 1. The summed E-state index contributed by atoms with van der Waals surface area (Å²) in [5.74, 6) is 0.724. The molecule has 3 heteroatoms. The Hall–Kier alpha value is -1.35. The number of amides is 1. The van der Waals surface area contributed by atoms with E-state index in [1.165, 1.54) is 19.4 Å². The number of hydrogen-bond acceptors (Lipinski definition) is 2. The Morgan fingerprint density at radius 3 is 2.72 bits per heavy atom. The van der Waals surface area contributed by atoms with E-state index in [0.29, 0.717) is 5.92 Å². The minimum atomic E-state index is 0.134. The Bertz CT molecular complexity index is 391. The molecule has 0 radical (unpaired) electrons. The largest absolute Gasteiger partial charge is 0.312 e. The van der Waals surface area contributed by atoms with Crippen LogP contribution in [0, 0.1) is 5.92 Å². The summed E-state index contributed by atoms with van der Waals surface area (Å²) in [5.41, 5.74) is 1.01. The zero-order valence-electron chi connectivity index (χ0n) is 11.3. The predicted octanol–water partition coefficient (Wildman–Crippen LogP) is 2.38. The average molecular weight is 246 g/mol. The number of likely N-dealkylation sites (tertiary alicyclic amines) is 1. The maximum atomic E-state index is 11.8. The number of rotatable bonds is 3. The van der Waals surface area contributed by atoms with Crippen molar-refractivity contribution < 1.29 is 4.79 Å². The molecule has 1 aliphatic rings. The lowest BCUT2D eigenvalue weighted by molar-refractivity contribution is -0.116. The van der Waals surface area contributed by atoms with E-state index in [9.17, 15) is 4.79 Å². The van der Waals surface area contributed by atoms with E-state index >= 15 is 0 Å². The molecule has 0 spiro atoms. The summed E-state index contributed by atoms with van der Waals surface area (Å²) >= 11 is 0. The van der Waals surface area contributed by atoms with Crippen molar-refractivity contribution in [2.24, 2.45) is 5.92 Å². The Kier molecular flexibility index (Phi) is 4.37. The topological polar surface area (TPSA) is 23.6 Å². The van der Waals surface area contributed by atoms with Crippen LogP contribution in [-0.4, -0.2) is 37.5 Å². The first-order valence-electron chi connectivity index (χ1n) is 6.68.